The van der Waals surface area contributed by atoms with Crippen molar-refractivity contribution >= 4 is 5.82 Å². The van der Waals surface area contributed by atoms with Crippen molar-refractivity contribution in [2.75, 3.05) is 5.32 Å². The molecular formula is C14H22N6. The quantitative estimate of drug-likeness (QED) is 0.905. The van der Waals surface area contributed by atoms with E-state index < -0.39 is 0 Å². The number of aryl methyl sites for hydroxylation is 2. The highest BCUT2D eigenvalue weighted by Crippen LogP contribution is 2.13. The number of rotatable bonds is 5. The monoisotopic (exact) mass is 274 g/mol. The predicted octanol–water partition coefficient (Wildman–Crippen LogP) is 2.21. The zero-order valence-electron chi connectivity index (χ0n) is 12.8. The minimum atomic E-state index is 0.370. The van der Waals surface area contributed by atoms with Gasteiger partial charge in [0, 0.05) is 24.7 Å². The van der Waals surface area contributed by atoms with E-state index in [0.29, 0.717) is 12.5 Å². The van der Waals surface area contributed by atoms with Gasteiger partial charge in [0.1, 0.15) is 17.5 Å². The number of hydrogen-bond donors (Lipinski definition) is 1. The second-order valence-electron chi connectivity index (χ2n) is 5.19. The molecule has 2 heterocycles. The van der Waals surface area contributed by atoms with E-state index in [-0.39, 0.29) is 0 Å². The van der Waals surface area contributed by atoms with Crippen molar-refractivity contribution in [2.45, 2.75) is 46.6 Å². The van der Waals surface area contributed by atoms with Gasteiger partial charge in [-0.2, -0.15) is 0 Å². The highest BCUT2D eigenvalue weighted by Gasteiger charge is 2.11. The highest BCUT2D eigenvalue weighted by molar-refractivity contribution is 5.36. The first-order chi connectivity index (χ1) is 9.51. The molecule has 0 aromatic carbocycles. The SMILES string of the molecule is CCc1cc(NCc2nnc(C(C)C)n2C)nc(C)n1. The molecule has 6 heteroatoms. The normalized spacial score (nSPS) is 11.1. The first-order valence-corrected chi connectivity index (χ1v) is 6.97. The summed E-state index contributed by atoms with van der Waals surface area (Å²) < 4.78 is 2.03. The Labute approximate surface area is 119 Å². The molecule has 0 aliphatic rings. The topological polar surface area (TPSA) is 68.5 Å². The van der Waals surface area contributed by atoms with Crippen molar-refractivity contribution in [2.24, 2.45) is 7.05 Å². The maximum absolute atomic E-state index is 4.39. The summed E-state index contributed by atoms with van der Waals surface area (Å²) in [5, 5.41) is 11.7. The third kappa shape index (κ3) is 3.12. The smallest absolute Gasteiger partial charge is 0.152 e. The van der Waals surface area contributed by atoms with Gasteiger partial charge in [-0.3, -0.25) is 0 Å². The Morgan fingerprint density at radius 1 is 1.25 bits per heavy atom. The number of nitrogens with zero attached hydrogens (tertiary/aromatic N) is 5. The van der Waals surface area contributed by atoms with Gasteiger partial charge in [0.25, 0.3) is 0 Å². The van der Waals surface area contributed by atoms with Crippen molar-refractivity contribution in [1.82, 2.24) is 24.7 Å². The van der Waals surface area contributed by atoms with Crippen LogP contribution in [0.3, 0.4) is 0 Å². The van der Waals surface area contributed by atoms with E-state index in [1.165, 1.54) is 0 Å². The first kappa shape index (κ1) is 14.4. The van der Waals surface area contributed by atoms with Crippen LogP contribution >= 0.6 is 0 Å². The Morgan fingerprint density at radius 2 is 2.00 bits per heavy atom. The second-order valence-corrected chi connectivity index (χ2v) is 5.19. The second kappa shape index (κ2) is 5.98. The Morgan fingerprint density at radius 3 is 2.60 bits per heavy atom. The molecule has 2 rings (SSSR count). The van der Waals surface area contributed by atoms with Gasteiger partial charge in [0.2, 0.25) is 0 Å². The average Bonchev–Trinajstić information content (AvgIpc) is 2.77. The lowest BCUT2D eigenvalue weighted by Crippen LogP contribution is -2.10. The Bertz CT molecular complexity index is 587. The first-order valence-electron chi connectivity index (χ1n) is 6.97. The van der Waals surface area contributed by atoms with Crippen molar-refractivity contribution in [1.29, 1.82) is 0 Å². The molecular weight excluding hydrogens is 252 g/mol. The predicted molar refractivity (Wildman–Crippen MR) is 78.6 cm³/mol. The van der Waals surface area contributed by atoms with E-state index in [0.717, 1.165) is 35.4 Å². The molecule has 0 saturated carbocycles. The van der Waals surface area contributed by atoms with Crippen LogP contribution in [0.1, 0.15) is 49.9 Å². The Hall–Kier alpha value is -1.98. The zero-order chi connectivity index (χ0) is 14.7. The average molecular weight is 274 g/mol. The molecule has 20 heavy (non-hydrogen) atoms. The Balaban J connectivity index is 2.11. The number of anilines is 1. The minimum absolute atomic E-state index is 0.370. The molecule has 6 nitrogen and oxygen atoms in total. The molecule has 2 aromatic rings. The van der Waals surface area contributed by atoms with E-state index in [9.17, 15) is 0 Å². The van der Waals surface area contributed by atoms with Crippen molar-refractivity contribution < 1.29 is 0 Å². The fraction of sp³-hybridized carbons (Fsp3) is 0.571. The summed E-state index contributed by atoms with van der Waals surface area (Å²) in [6.45, 7) is 8.83. The van der Waals surface area contributed by atoms with Crippen LogP contribution in [0, 0.1) is 6.92 Å². The molecule has 0 saturated heterocycles. The molecule has 0 amide bonds. The lowest BCUT2D eigenvalue weighted by molar-refractivity contribution is 0.692. The number of hydrogen-bond acceptors (Lipinski definition) is 5. The van der Waals surface area contributed by atoms with Gasteiger partial charge in [-0.15, -0.1) is 10.2 Å². The largest absolute Gasteiger partial charge is 0.363 e. The number of aromatic nitrogens is 5. The fourth-order valence-corrected chi connectivity index (χ4v) is 2.10. The van der Waals surface area contributed by atoms with Crippen LogP contribution in [0.5, 0.6) is 0 Å². The van der Waals surface area contributed by atoms with Crippen molar-refractivity contribution in [3.05, 3.63) is 29.2 Å². The van der Waals surface area contributed by atoms with E-state index in [1.807, 2.05) is 24.6 Å². The van der Waals surface area contributed by atoms with Crippen LogP contribution in [-0.4, -0.2) is 24.7 Å². The van der Waals surface area contributed by atoms with Crippen molar-refractivity contribution in [3.63, 3.8) is 0 Å². The van der Waals surface area contributed by atoms with Crippen LogP contribution in [0.4, 0.5) is 5.82 Å². The van der Waals surface area contributed by atoms with Crippen molar-refractivity contribution in [3.8, 4) is 0 Å². The maximum Gasteiger partial charge on any atom is 0.152 e. The summed E-state index contributed by atoms with van der Waals surface area (Å²) >= 11 is 0. The molecule has 0 fully saturated rings. The van der Waals surface area contributed by atoms with E-state index >= 15 is 0 Å². The number of nitrogens with one attached hydrogen (secondary N) is 1. The van der Waals surface area contributed by atoms with Gasteiger partial charge in [-0.05, 0) is 13.3 Å². The van der Waals surface area contributed by atoms with Crippen LogP contribution < -0.4 is 5.32 Å². The third-order valence-electron chi connectivity index (χ3n) is 3.20. The summed E-state index contributed by atoms with van der Waals surface area (Å²) in [4.78, 5) is 8.76. The summed E-state index contributed by atoms with van der Waals surface area (Å²) in [5.41, 5.74) is 1.04. The summed E-state index contributed by atoms with van der Waals surface area (Å²) in [6.07, 6.45) is 0.902. The summed E-state index contributed by atoms with van der Waals surface area (Å²) in [7, 11) is 2.00. The van der Waals surface area contributed by atoms with Crippen LogP contribution in [0.2, 0.25) is 0 Å². The van der Waals surface area contributed by atoms with Gasteiger partial charge >= 0.3 is 0 Å². The van der Waals surface area contributed by atoms with E-state index in [4.69, 9.17) is 0 Å². The molecule has 0 bridgehead atoms. The molecule has 1 N–H and O–H groups in total. The van der Waals surface area contributed by atoms with Crippen LogP contribution in [0.15, 0.2) is 6.07 Å². The standard InChI is InChI=1S/C14H22N6/c1-6-11-7-12(17-10(4)16-11)15-8-13-18-19-14(9(2)3)20(13)5/h7,9H,6,8H2,1-5H3,(H,15,16,17). The van der Waals surface area contributed by atoms with E-state index in [1.54, 1.807) is 0 Å². The maximum atomic E-state index is 4.39. The molecule has 0 radical (unpaired) electrons. The van der Waals surface area contributed by atoms with Gasteiger partial charge in [0.05, 0.1) is 6.54 Å². The van der Waals surface area contributed by atoms with Gasteiger partial charge in [-0.1, -0.05) is 20.8 Å². The summed E-state index contributed by atoms with van der Waals surface area (Å²) in [5.74, 6) is 3.89. The molecule has 2 aromatic heterocycles. The molecule has 0 spiro atoms. The fourth-order valence-electron chi connectivity index (χ4n) is 2.10. The zero-order valence-corrected chi connectivity index (χ0v) is 12.8. The lowest BCUT2D eigenvalue weighted by Gasteiger charge is -2.09. The Kier molecular flexibility index (Phi) is 4.32. The summed E-state index contributed by atoms with van der Waals surface area (Å²) in [6, 6.07) is 1.98. The van der Waals surface area contributed by atoms with Gasteiger partial charge in [0.15, 0.2) is 5.82 Å². The van der Waals surface area contributed by atoms with E-state index in [2.05, 4.69) is 46.3 Å². The molecule has 0 unspecified atom stereocenters. The van der Waals surface area contributed by atoms with Gasteiger partial charge in [-0.25, -0.2) is 9.97 Å². The van der Waals surface area contributed by atoms with Crippen LogP contribution in [-0.2, 0) is 20.0 Å². The minimum Gasteiger partial charge on any atom is -0.363 e. The van der Waals surface area contributed by atoms with Crippen LogP contribution in [0.25, 0.3) is 0 Å². The molecule has 0 atom stereocenters. The molecule has 0 aliphatic carbocycles. The highest BCUT2D eigenvalue weighted by atomic mass is 15.3. The third-order valence-corrected chi connectivity index (χ3v) is 3.20. The lowest BCUT2D eigenvalue weighted by atomic mass is 10.2. The van der Waals surface area contributed by atoms with Gasteiger partial charge < -0.3 is 9.88 Å². The molecule has 0 aliphatic heterocycles. The molecule has 108 valence electrons.